The fraction of sp³-hybridized carbons (Fsp3) is 0.120. The first-order valence-corrected chi connectivity index (χ1v) is 9.81. The molecule has 1 amide bonds. The van der Waals surface area contributed by atoms with E-state index in [0.717, 1.165) is 11.1 Å². The average molecular weight is 416 g/mol. The first-order chi connectivity index (χ1) is 15.1. The first-order valence-electron chi connectivity index (χ1n) is 9.81. The van der Waals surface area contributed by atoms with Crippen LogP contribution in [0.2, 0.25) is 0 Å². The van der Waals surface area contributed by atoms with Gasteiger partial charge in [0.15, 0.2) is 5.76 Å². The maximum absolute atomic E-state index is 13.3. The van der Waals surface area contributed by atoms with Crippen LogP contribution in [0.1, 0.15) is 21.6 Å². The standard InChI is InChI=1S/C25H21FN2O3/c1-30-23-13-9-20(10-14-23)25(29)28(16-18-7-11-21(26)12-8-18)17-22-15-24(31-27-22)19-5-3-2-4-6-19/h2-15H,16-17H2,1H3. The minimum absolute atomic E-state index is 0.170. The molecular weight excluding hydrogens is 395 g/mol. The Morgan fingerprint density at radius 2 is 1.68 bits per heavy atom. The van der Waals surface area contributed by atoms with E-state index in [-0.39, 0.29) is 18.3 Å². The van der Waals surface area contributed by atoms with Crippen molar-refractivity contribution in [3.63, 3.8) is 0 Å². The molecule has 156 valence electrons. The predicted molar refractivity (Wildman–Crippen MR) is 115 cm³/mol. The molecule has 0 fully saturated rings. The summed E-state index contributed by atoms with van der Waals surface area (Å²) in [4.78, 5) is 14.9. The monoisotopic (exact) mass is 416 g/mol. The van der Waals surface area contributed by atoms with E-state index in [4.69, 9.17) is 9.26 Å². The molecule has 1 heterocycles. The summed E-state index contributed by atoms with van der Waals surface area (Å²) < 4.78 is 24.0. The molecule has 0 unspecified atom stereocenters. The van der Waals surface area contributed by atoms with E-state index < -0.39 is 0 Å². The summed E-state index contributed by atoms with van der Waals surface area (Å²) in [5, 5.41) is 4.14. The van der Waals surface area contributed by atoms with Crippen molar-refractivity contribution < 1.29 is 18.4 Å². The molecule has 0 N–H and O–H groups in total. The normalized spacial score (nSPS) is 10.6. The summed E-state index contributed by atoms with van der Waals surface area (Å²) in [6, 6.07) is 24.5. The van der Waals surface area contributed by atoms with Crippen LogP contribution in [0.25, 0.3) is 11.3 Å². The smallest absolute Gasteiger partial charge is 0.254 e. The van der Waals surface area contributed by atoms with E-state index in [0.29, 0.717) is 29.3 Å². The van der Waals surface area contributed by atoms with Crippen molar-refractivity contribution >= 4 is 5.91 Å². The van der Waals surface area contributed by atoms with Gasteiger partial charge in [-0.15, -0.1) is 0 Å². The van der Waals surface area contributed by atoms with Crippen LogP contribution in [0, 0.1) is 5.82 Å². The van der Waals surface area contributed by atoms with Gasteiger partial charge in [-0.2, -0.15) is 0 Å². The quantitative estimate of drug-likeness (QED) is 0.409. The lowest BCUT2D eigenvalue weighted by Gasteiger charge is -2.22. The number of methoxy groups -OCH3 is 1. The highest BCUT2D eigenvalue weighted by molar-refractivity contribution is 5.94. The van der Waals surface area contributed by atoms with Crippen LogP contribution in [0.3, 0.4) is 0 Å². The molecule has 0 aliphatic rings. The lowest BCUT2D eigenvalue weighted by molar-refractivity contribution is 0.0726. The van der Waals surface area contributed by atoms with Crippen LogP contribution in [0.15, 0.2) is 89.5 Å². The van der Waals surface area contributed by atoms with Gasteiger partial charge >= 0.3 is 0 Å². The van der Waals surface area contributed by atoms with Crippen molar-refractivity contribution in [2.45, 2.75) is 13.1 Å². The number of carbonyl (C=O) groups excluding carboxylic acids is 1. The van der Waals surface area contributed by atoms with Gasteiger partial charge in [-0.05, 0) is 42.0 Å². The molecule has 0 bridgehead atoms. The number of aromatic nitrogens is 1. The molecule has 0 aliphatic heterocycles. The Bertz CT molecular complexity index is 1140. The maximum atomic E-state index is 13.3. The first kappa shape index (κ1) is 20.3. The van der Waals surface area contributed by atoms with Gasteiger partial charge in [-0.3, -0.25) is 4.79 Å². The zero-order valence-electron chi connectivity index (χ0n) is 17.0. The van der Waals surface area contributed by atoms with Crippen LogP contribution in [-0.4, -0.2) is 23.1 Å². The van der Waals surface area contributed by atoms with Gasteiger partial charge in [-0.1, -0.05) is 47.6 Å². The Hall–Kier alpha value is -3.93. The van der Waals surface area contributed by atoms with Crippen molar-refractivity contribution in [2.24, 2.45) is 0 Å². The Kier molecular flexibility index (Phi) is 6.08. The highest BCUT2D eigenvalue weighted by Gasteiger charge is 2.19. The van der Waals surface area contributed by atoms with Crippen molar-refractivity contribution in [3.8, 4) is 17.1 Å². The minimum atomic E-state index is -0.319. The molecule has 4 rings (SSSR count). The minimum Gasteiger partial charge on any atom is -0.497 e. The summed E-state index contributed by atoms with van der Waals surface area (Å²) in [5.74, 6) is 0.817. The van der Waals surface area contributed by atoms with Gasteiger partial charge in [0.2, 0.25) is 0 Å². The number of carbonyl (C=O) groups is 1. The van der Waals surface area contributed by atoms with Gasteiger partial charge in [0.25, 0.3) is 5.91 Å². The summed E-state index contributed by atoms with van der Waals surface area (Å²) in [6.07, 6.45) is 0. The number of hydrogen-bond acceptors (Lipinski definition) is 4. The summed E-state index contributed by atoms with van der Waals surface area (Å²) >= 11 is 0. The molecule has 0 saturated heterocycles. The molecule has 0 radical (unpaired) electrons. The van der Waals surface area contributed by atoms with Crippen molar-refractivity contribution in [1.82, 2.24) is 10.1 Å². The lowest BCUT2D eigenvalue weighted by atomic mass is 10.1. The van der Waals surface area contributed by atoms with E-state index in [1.165, 1.54) is 12.1 Å². The number of benzene rings is 3. The summed E-state index contributed by atoms with van der Waals surface area (Å²) in [6.45, 7) is 0.553. The van der Waals surface area contributed by atoms with Gasteiger partial charge in [0.05, 0.1) is 13.7 Å². The highest BCUT2D eigenvalue weighted by Crippen LogP contribution is 2.22. The molecule has 3 aromatic carbocycles. The van der Waals surface area contributed by atoms with Crippen LogP contribution in [-0.2, 0) is 13.1 Å². The predicted octanol–water partition coefficient (Wildman–Crippen LogP) is 5.33. The molecule has 0 spiro atoms. The molecular formula is C25H21FN2O3. The molecule has 0 atom stereocenters. The second kappa shape index (κ2) is 9.26. The van der Waals surface area contributed by atoms with Gasteiger partial charge in [-0.25, -0.2) is 4.39 Å². The summed E-state index contributed by atoms with van der Waals surface area (Å²) in [7, 11) is 1.58. The summed E-state index contributed by atoms with van der Waals surface area (Å²) in [5.41, 5.74) is 2.88. The van der Waals surface area contributed by atoms with Crippen LogP contribution < -0.4 is 4.74 Å². The fourth-order valence-corrected chi connectivity index (χ4v) is 3.25. The van der Waals surface area contributed by atoms with Crippen molar-refractivity contribution in [2.75, 3.05) is 7.11 Å². The topological polar surface area (TPSA) is 55.6 Å². The molecule has 0 saturated carbocycles. The number of ether oxygens (including phenoxy) is 1. The van der Waals surface area contributed by atoms with Crippen LogP contribution in [0.5, 0.6) is 5.75 Å². The number of hydrogen-bond donors (Lipinski definition) is 0. The third kappa shape index (κ3) is 4.98. The van der Waals surface area contributed by atoms with E-state index in [2.05, 4.69) is 5.16 Å². The maximum Gasteiger partial charge on any atom is 0.254 e. The van der Waals surface area contributed by atoms with E-state index >= 15 is 0 Å². The number of amides is 1. The van der Waals surface area contributed by atoms with E-state index in [9.17, 15) is 9.18 Å². The zero-order valence-corrected chi connectivity index (χ0v) is 17.0. The van der Waals surface area contributed by atoms with E-state index in [1.807, 2.05) is 36.4 Å². The average Bonchev–Trinajstić information content (AvgIpc) is 3.29. The number of rotatable bonds is 7. The third-order valence-corrected chi connectivity index (χ3v) is 4.88. The molecule has 1 aromatic heterocycles. The lowest BCUT2D eigenvalue weighted by Crippen LogP contribution is -2.30. The van der Waals surface area contributed by atoms with Crippen LogP contribution >= 0.6 is 0 Å². The van der Waals surface area contributed by atoms with Crippen molar-refractivity contribution in [1.29, 1.82) is 0 Å². The number of nitrogens with zero attached hydrogens (tertiary/aromatic N) is 2. The Morgan fingerprint density at radius 1 is 0.968 bits per heavy atom. The number of halogens is 1. The fourth-order valence-electron chi connectivity index (χ4n) is 3.25. The molecule has 4 aromatic rings. The van der Waals surface area contributed by atoms with E-state index in [1.54, 1.807) is 48.4 Å². The largest absolute Gasteiger partial charge is 0.497 e. The highest BCUT2D eigenvalue weighted by atomic mass is 19.1. The molecule has 6 heteroatoms. The second-order valence-corrected chi connectivity index (χ2v) is 7.06. The second-order valence-electron chi connectivity index (χ2n) is 7.06. The van der Waals surface area contributed by atoms with Crippen molar-refractivity contribution in [3.05, 3.63) is 108 Å². The zero-order chi connectivity index (χ0) is 21.6. The molecule has 0 aliphatic carbocycles. The Balaban J connectivity index is 1.59. The van der Waals surface area contributed by atoms with Gasteiger partial charge in [0, 0.05) is 23.7 Å². The molecule has 31 heavy (non-hydrogen) atoms. The SMILES string of the molecule is COc1ccc(C(=O)N(Cc2ccc(F)cc2)Cc2cc(-c3ccccc3)on2)cc1. The van der Waals surface area contributed by atoms with Crippen LogP contribution in [0.4, 0.5) is 4.39 Å². The Labute approximate surface area is 179 Å². The third-order valence-electron chi connectivity index (χ3n) is 4.88. The van der Waals surface area contributed by atoms with Gasteiger partial charge < -0.3 is 14.2 Å². The molecule has 5 nitrogen and oxygen atoms in total. The van der Waals surface area contributed by atoms with Gasteiger partial charge in [0.1, 0.15) is 17.3 Å². The Morgan fingerprint density at radius 3 is 2.35 bits per heavy atom.